The van der Waals surface area contributed by atoms with Crippen molar-refractivity contribution in [3.8, 4) is 5.75 Å². The molecular formula is C18H23ClN2O3. The minimum Gasteiger partial charge on any atom is -0.490 e. The summed E-state index contributed by atoms with van der Waals surface area (Å²) >= 11 is 5.88. The summed E-state index contributed by atoms with van der Waals surface area (Å²) in [6, 6.07) is 7.08. The van der Waals surface area contributed by atoms with Crippen molar-refractivity contribution in [2.45, 2.75) is 44.8 Å². The second-order valence-electron chi connectivity index (χ2n) is 6.47. The Balaban J connectivity index is 1.52. The van der Waals surface area contributed by atoms with Gasteiger partial charge in [-0.15, -0.1) is 0 Å². The van der Waals surface area contributed by atoms with Crippen LogP contribution in [-0.2, 0) is 9.59 Å². The van der Waals surface area contributed by atoms with E-state index in [4.69, 9.17) is 16.3 Å². The summed E-state index contributed by atoms with van der Waals surface area (Å²) < 4.78 is 5.96. The van der Waals surface area contributed by atoms with Gasteiger partial charge in [-0.3, -0.25) is 9.59 Å². The van der Waals surface area contributed by atoms with E-state index in [2.05, 4.69) is 0 Å². The maximum atomic E-state index is 12.7. The van der Waals surface area contributed by atoms with Crippen molar-refractivity contribution in [3.63, 3.8) is 0 Å². The Hall–Kier alpha value is -1.75. The molecule has 24 heavy (non-hydrogen) atoms. The SMILES string of the molecule is CC(=O)N1CCC[C@H]1C(=O)N1CCC(Oc2ccc(Cl)cc2)CC1. The highest BCUT2D eigenvalue weighted by atomic mass is 35.5. The first-order valence-electron chi connectivity index (χ1n) is 8.53. The van der Waals surface area contributed by atoms with Gasteiger partial charge in [0.15, 0.2) is 0 Å². The van der Waals surface area contributed by atoms with E-state index < -0.39 is 0 Å². The van der Waals surface area contributed by atoms with Gasteiger partial charge >= 0.3 is 0 Å². The van der Waals surface area contributed by atoms with Gasteiger partial charge in [0.2, 0.25) is 11.8 Å². The maximum absolute atomic E-state index is 12.7. The topological polar surface area (TPSA) is 49.9 Å². The molecule has 1 atom stereocenters. The maximum Gasteiger partial charge on any atom is 0.245 e. The van der Waals surface area contributed by atoms with Crippen LogP contribution in [-0.4, -0.2) is 53.4 Å². The quantitative estimate of drug-likeness (QED) is 0.842. The standard InChI is InChI=1S/C18H23ClN2O3/c1-13(22)21-10-2-3-17(21)18(23)20-11-8-16(9-12-20)24-15-6-4-14(19)5-7-15/h4-7,16-17H,2-3,8-12H2,1H3/t17-/m0/s1. The molecule has 2 amide bonds. The minimum absolute atomic E-state index is 0.00759. The van der Waals surface area contributed by atoms with Crippen LogP contribution in [0.5, 0.6) is 5.75 Å². The van der Waals surface area contributed by atoms with Crippen molar-refractivity contribution in [2.24, 2.45) is 0 Å². The van der Waals surface area contributed by atoms with Gasteiger partial charge in [-0.2, -0.15) is 0 Å². The fraction of sp³-hybridized carbons (Fsp3) is 0.556. The Morgan fingerprint density at radius 3 is 2.38 bits per heavy atom. The van der Waals surface area contributed by atoms with Crippen LogP contribution in [0.15, 0.2) is 24.3 Å². The van der Waals surface area contributed by atoms with E-state index in [0.717, 1.165) is 31.4 Å². The number of halogens is 1. The number of hydrogen-bond acceptors (Lipinski definition) is 3. The van der Waals surface area contributed by atoms with E-state index in [1.165, 1.54) is 6.92 Å². The molecule has 3 rings (SSSR count). The van der Waals surface area contributed by atoms with Crippen LogP contribution in [0.4, 0.5) is 0 Å². The van der Waals surface area contributed by atoms with E-state index in [1.54, 1.807) is 4.90 Å². The van der Waals surface area contributed by atoms with E-state index in [0.29, 0.717) is 24.7 Å². The molecule has 0 bridgehead atoms. The van der Waals surface area contributed by atoms with Gasteiger partial charge in [0, 0.05) is 44.4 Å². The molecule has 1 aromatic rings. The summed E-state index contributed by atoms with van der Waals surface area (Å²) in [5.74, 6) is 0.891. The minimum atomic E-state index is -0.267. The lowest BCUT2D eigenvalue weighted by molar-refractivity contribution is -0.144. The summed E-state index contributed by atoms with van der Waals surface area (Å²) in [5, 5.41) is 0.689. The molecule has 0 spiro atoms. The zero-order chi connectivity index (χ0) is 17.1. The molecule has 6 heteroatoms. The van der Waals surface area contributed by atoms with Gasteiger partial charge in [-0.1, -0.05) is 11.6 Å². The molecule has 2 aliphatic rings. The largest absolute Gasteiger partial charge is 0.490 e. The molecule has 0 aliphatic carbocycles. The Labute approximate surface area is 147 Å². The third-order valence-corrected chi connectivity index (χ3v) is 5.06. The first-order chi connectivity index (χ1) is 11.5. The van der Waals surface area contributed by atoms with Crippen LogP contribution in [0.2, 0.25) is 5.02 Å². The van der Waals surface area contributed by atoms with E-state index in [1.807, 2.05) is 29.2 Å². The van der Waals surface area contributed by atoms with Crippen molar-refractivity contribution < 1.29 is 14.3 Å². The van der Waals surface area contributed by atoms with Gasteiger partial charge in [-0.05, 0) is 37.1 Å². The molecule has 2 fully saturated rings. The lowest BCUT2D eigenvalue weighted by Gasteiger charge is -2.35. The van der Waals surface area contributed by atoms with Crippen molar-refractivity contribution in [1.82, 2.24) is 9.80 Å². The highest BCUT2D eigenvalue weighted by Gasteiger charge is 2.36. The molecule has 0 saturated carbocycles. The van der Waals surface area contributed by atoms with Crippen molar-refractivity contribution >= 4 is 23.4 Å². The van der Waals surface area contributed by atoms with Crippen molar-refractivity contribution in [1.29, 1.82) is 0 Å². The Kier molecular flexibility index (Phi) is 5.29. The second kappa shape index (κ2) is 7.43. The summed E-state index contributed by atoms with van der Waals surface area (Å²) in [5.41, 5.74) is 0. The smallest absolute Gasteiger partial charge is 0.245 e. The predicted octanol–water partition coefficient (Wildman–Crippen LogP) is 2.72. The zero-order valence-corrected chi connectivity index (χ0v) is 14.7. The van der Waals surface area contributed by atoms with Gasteiger partial charge < -0.3 is 14.5 Å². The number of ether oxygens (including phenoxy) is 1. The second-order valence-corrected chi connectivity index (χ2v) is 6.90. The molecule has 2 saturated heterocycles. The third-order valence-electron chi connectivity index (χ3n) is 4.81. The summed E-state index contributed by atoms with van der Waals surface area (Å²) in [6.07, 6.45) is 3.41. The van der Waals surface area contributed by atoms with Crippen LogP contribution in [0.3, 0.4) is 0 Å². The molecule has 0 N–H and O–H groups in total. The summed E-state index contributed by atoms with van der Waals surface area (Å²) in [7, 11) is 0. The lowest BCUT2D eigenvalue weighted by atomic mass is 10.1. The first kappa shape index (κ1) is 17.1. The lowest BCUT2D eigenvalue weighted by Crippen LogP contribution is -2.50. The molecule has 1 aromatic carbocycles. The highest BCUT2D eigenvalue weighted by molar-refractivity contribution is 6.30. The Morgan fingerprint density at radius 1 is 1.08 bits per heavy atom. The fourth-order valence-corrected chi connectivity index (χ4v) is 3.64. The van der Waals surface area contributed by atoms with Crippen LogP contribution in [0, 0.1) is 0 Å². The molecule has 5 nitrogen and oxygen atoms in total. The number of benzene rings is 1. The van der Waals surface area contributed by atoms with Crippen LogP contribution in [0.25, 0.3) is 0 Å². The van der Waals surface area contributed by atoms with E-state index in [-0.39, 0.29) is 24.0 Å². The monoisotopic (exact) mass is 350 g/mol. The number of amides is 2. The molecule has 2 heterocycles. The van der Waals surface area contributed by atoms with Crippen LogP contribution in [0.1, 0.15) is 32.6 Å². The van der Waals surface area contributed by atoms with E-state index in [9.17, 15) is 9.59 Å². The number of likely N-dealkylation sites (tertiary alicyclic amines) is 2. The van der Waals surface area contributed by atoms with Gasteiger partial charge in [-0.25, -0.2) is 0 Å². The number of carbonyl (C=O) groups is 2. The Bertz CT molecular complexity index is 597. The average Bonchev–Trinajstić information content (AvgIpc) is 3.07. The highest BCUT2D eigenvalue weighted by Crippen LogP contribution is 2.24. The number of piperidine rings is 1. The molecule has 2 aliphatic heterocycles. The summed E-state index contributed by atoms with van der Waals surface area (Å²) in [4.78, 5) is 27.9. The fourth-order valence-electron chi connectivity index (χ4n) is 3.51. The number of rotatable bonds is 3. The molecule has 0 radical (unpaired) electrons. The molecule has 130 valence electrons. The number of hydrogen-bond donors (Lipinski definition) is 0. The first-order valence-corrected chi connectivity index (χ1v) is 8.90. The molecular weight excluding hydrogens is 328 g/mol. The van der Waals surface area contributed by atoms with Gasteiger partial charge in [0.1, 0.15) is 17.9 Å². The van der Waals surface area contributed by atoms with Crippen LogP contribution < -0.4 is 4.74 Å². The van der Waals surface area contributed by atoms with Crippen molar-refractivity contribution in [3.05, 3.63) is 29.3 Å². The normalized spacial score (nSPS) is 21.8. The van der Waals surface area contributed by atoms with Gasteiger partial charge in [0.25, 0.3) is 0 Å². The number of nitrogens with zero attached hydrogens (tertiary/aromatic N) is 2. The third kappa shape index (κ3) is 3.83. The molecule has 0 aromatic heterocycles. The van der Waals surface area contributed by atoms with Crippen molar-refractivity contribution in [2.75, 3.05) is 19.6 Å². The summed E-state index contributed by atoms with van der Waals surface area (Å²) in [6.45, 7) is 3.60. The average molecular weight is 351 g/mol. The number of carbonyl (C=O) groups excluding carboxylic acids is 2. The zero-order valence-electron chi connectivity index (χ0n) is 13.9. The predicted molar refractivity (Wildman–Crippen MR) is 92.1 cm³/mol. The van der Waals surface area contributed by atoms with E-state index >= 15 is 0 Å². The van der Waals surface area contributed by atoms with Crippen LogP contribution >= 0.6 is 11.6 Å². The Morgan fingerprint density at radius 2 is 1.75 bits per heavy atom. The van der Waals surface area contributed by atoms with Gasteiger partial charge in [0.05, 0.1) is 0 Å². The molecule has 0 unspecified atom stereocenters.